The highest BCUT2D eigenvalue weighted by Gasteiger charge is 2.13. The predicted octanol–water partition coefficient (Wildman–Crippen LogP) is 4.70. The van der Waals surface area contributed by atoms with Crippen molar-refractivity contribution in [2.24, 2.45) is 0 Å². The standard InChI is InChI=1S/C19H16N4O2S/c1-12-3-7-14(8-4-12)17-20-16(25-23-17)11-26-19-22-21-18(24-19)15-9-5-13(2)6-10-15/h3-10H,11H2,1-2H3. The van der Waals surface area contributed by atoms with E-state index in [1.807, 2.05) is 62.4 Å². The van der Waals surface area contributed by atoms with Crippen LogP contribution < -0.4 is 0 Å². The first-order valence-corrected chi connectivity index (χ1v) is 9.09. The molecule has 2 aromatic heterocycles. The van der Waals surface area contributed by atoms with Crippen LogP contribution >= 0.6 is 11.8 Å². The lowest BCUT2D eigenvalue weighted by atomic mass is 10.1. The molecule has 0 radical (unpaired) electrons. The van der Waals surface area contributed by atoms with Crippen molar-refractivity contribution in [3.8, 4) is 22.8 Å². The van der Waals surface area contributed by atoms with Gasteiger partial charge in [-0.05, 0) is 26.0 Å². The molecule has 0 N–H and O–H groups in total. The molecule has 0 spiro atoms. The van der Waals surface area contributed by atoms with Crippen molar-refractivity contribution in [2.45, 2.75) is 24.8 Å². The zero-order chi connectivity index (χ0) is 17.9. The van der Waals surface area contributed by atoms with Gasteiger partial charge in [0.25, 0.3) is 5.22 Å². The molecule has 4 aromatic rings. The Bertz CT molecular complexity index is 923. The van der Waals surface area contributed by atoms with Gasteiger partial charge in [-0.2, -0.15) is 4.98 Å². The molecule has 0 saturated heterocycles. The lowest BCUT2D eigenvalue weighted by molar-refractivity contribution is 0.391. The van der Waals surface area contributed by atoms with E-state index in [0.717, 1.165) is 11.1 Å². The fourth-order valence-electron chi connectivity index (χ4n) is 2.34. The van der Waals surface area contributed by atoms with Crippen molar-refractivity contribution >= 4 is 11.8 Å². The Hall–Kier alpha value is -2.93. The average molecular weight is 364 g/mol. The first-order valence-electron chi connectivity index (χ1n) is 8.10. The molecule has 7 heteroatoms. The average Bonchev–Trinajstić information content (AvgIpc) is 3.31. The molecule has 130 valence electrons. The zero-order valence-corrected chi connectivity index (χ0v) is 15.2. The maximum Gasteiger partial charge on any atom is 0.277 e. The van der Waals surface area contributed by atoms with Gasteiger partial charge < -0.3 is 8.94 Å². The summed E-state index contributed by atoms with van der Waals surface area (Å²) in [6.45, 7) is 4.07. The largest absolute Gasteiger partial charge is 0.411 e. The van der Waals surface area contributed by atoms with Gasteiger partial charge in [-0.25, -0.2) is 0 Å². The van der Waals surface area contributed by atoms with Crippen LogP contribution in [0.2, 0.25) is 0 Å². The van der Waals surface area contributed by atoms with E-state index in [0.29, 0.717) is 28.6 Å². The van der Waals surface area contributed by atoms with E-state index in [2.05, 4.69) is 20.3 Å². The normalized spacial score (nSPS) is 11.0. The molecule has 0 fully saturated rings. The van der Waals surface area contributed by atoms with Gasteiger partial charge >= 0.3 is 0 Å². The molecular formula is C19H16N4O2S. The van der Waals surface area contributed by atoms with Crippen LogP contribution in [-0.2, 0) is 5.75 Å². The van der Waals surface area contributed by atoms with Gasteiger partial charge in [0, 0.05) is 11.1 Å². The quantitative estimate of drug-likeness (QED) is 0.475. The monoisotopic (exact) mass is 364 g/mol. The Morgan fingerprint density at radius 3 is 2.19 bits per heavy atom. The lowest BCUT2D eigenvalue weighted by Crippen LogP contribution is -1.83. The Kier molecular flexibility index (Phi) is 4.53. The lowest BCUT2D eigenvalue weighted by Gasteiger charge is -1.95. The second-order valence-corrected chi connectivity index (χ2v) is 6.83. The van der Waals surface area contributed by atoms with Crippen LogP contribution in [0.3, 0.4) is 0 Å². The van der Waals surface area contributed by atoms with E-state index in [-0.39, 0.29) is 0 Å². The smallest absolute Gasteiger partial charge is 0.277 e. The zero-order valence-electron chi connectivity index (χ0n) is 14.3. The fraction of sp³-hybridized carbons (Fsp3) is 0.158. The molecule has 2 heterocycles. The molecule has 0 aliphatic rings. The van der Waals surface area contributed by atoms with Crippen LogP contribution in [0.1, 0.15) is 17.0 Å². The molecule has 0 atom stereocenters. The van der Waals surface area contributed by atoms with Gasteiger partial charge in [0.05, 0.1) is 5.75 Å². The third-order valence-corrected chi connectivity index (χ3v) is 4.61. The van der Waals surface area contributed by atoms with E-state index in [9.17, 15) is 0 Å². The van der Waals surface area contributed by atoms with Crippen LogP contribution in [-0.4, -0.2) is 20.3 Å². The summed E-state index contributed by atoms with van der Waals surface area (Å²) in [5, 5.41) is 12.6. The molecule has 0 unspecified atom stereocenters. The number of hydrogen-bond donors (Lipinski definition) is 0. The molecule has 6 nitrogen and oxygen atoms in total. The number of rotatable bonds is 5. The first kappa shape index (κ1) is 16.5. The Labute approximate surface area is 154 Å². The second-order valence-electron chi connectivity index (χ2n) is 5.91. The van der Waals surface area contributed by atoms with Gasteiger partial charge in [0.15, 0.2) is 0 Å². The van der Waals surface area contributed by atoms with Crippen molar-refractivity contribution < 1.29 is 8.94 Å². The van der Waals surface area contributed by atoms with Crippen LogP contribution in [0.5, 0.6) is 0 Å². The molecule has 0 amide bonds. The number of aromatic nitrogens is 4. The van der Waals surface area contributed by atoms with E-state index < -0.39 is 0 Å². The summed E-state index contributed by atoms with van der Waals surface area (Å²) >= 11 is 1.37. The van der Waals surface area contributed by atoms with E-state index >= 15 is 0 Å². The number of hydrogen-bond acceptors (Lipinski definition) is 7. The predicted molar refractivity (Wildman–Crippen MR) is 98.5 cm³/mol. The van der Waals surface area contributed by atoms with Crippen LogP contribution in [0, 0.1) is 13.8 Å². The van der Waals surface area contributed by atoms with Gasteiger partial charge in [0.2, 0.25) is 17.6 Å². The van der Waals surface area contributed by atoms with Crippen molar-refractivity contribution in [3.63, 3.8) is 0 Å². The maximum absolute atomic E-state index is 5.69. The minimum atomic E-state index is 0.467. The number of nitrogens with zero attached hydrogens (tertiary/aromatic N) is 4. The van der Waals surface area contributed by atoms with Crippen molar-refractivity contribution in [2.75, 3.05) is 0 Å². The third-order valence-electron chi connectivity index (χ3n) is 3.80. The molecular weight excluding hydrogens is 348 g/mol. The van der Waals surface area contributed by atoms with E-state index in [4.69, 9.17) is 8.94 Å². The van der Waals surface area contributed by atoms with Crippen LogP contribution in [0.15, 0.2) is 62.7 Å². The Morgan fingerprint density at radius 2 is 1.50 bits per heavy atom. The van der Waals surface area contributed by atoms with Crippen LogP contribution in [0.25, 0.3) is 22.8 Å². The molecule has 0 bridgehead atoms. The van der Waals surface area contributed by atoms with Gasteiger partial charge in [-0.1, -0.05) is 64.4 Å². The first-order chi connectivity index (χ1) is 12.7. The summed E-state index contributed by atoms with van der Waals surface area (Å²) < 4.78 is 11.0. The number of thioether (sulfide) groups is 1. The topological polar surface area (TPSA) is 77.8 Å². The van der Waals surface area contributed by atoms with E-state index in [1.54, 1.807) is 0 Å². The highest BCUT2D eigenvalue weighted by atomic mass is 32.2. The molecule has 2 aromatic carbocycles. The minimum absolute atomic E-state index is 0.467. The minimum Gasteiger partial charge on any atom is -0.411 e. The van der Waals surface area contributed by atoms with E-state index in [1.165, 1.54) is 22.9 Å². The maximum atomic E-state index is 5.69. The second kappa shape index (κ2) is 7.13. The third kappa shape index (κ3) is 3.67. The summed E-state index contributed by atoms with van der Waals surface area (Å²) in [7, 11) is 0. The summed E-state index contributed by atoms with van der Waals surface area (Å²) in [5.41, 5.74) is 4.20. The molecule has 26 heavy (non-hydrogen) atoms. The fourth-order valence-corrected chi connectivity index (χ4v) is 2.94. The molecule has 4 rings (SSSR count). The molecule has 0 saturated carbocycles. The number of aryl methyl sites for hydroxylation is 2. The molecule has 0 aliphatic heterocycles. The highest BCUT2D eigenvalue weighted by molar-refractivity contribution is 7.98. The molecule has 0 aliphatic carbocycles. The highest BCUT2D eigenvalue weighted by Crippen LogP contribution is 2.26. The van der Waals surface area contributed by atoms with Crippen molar-refractivity contribution in [1.29, 1.82) is 0 Å². The summed E-state index contributed by atoms with van der Waals surface area (Å²) in [6.07, 6.45) is 0. The number of benzene rings is 2. The van der Waals surface area contributed by atoms with Gasteiger partial charge in [-0.3, -0.25) is 0 Å². The van der Waals surface area contributed by atoms with Gasteiger partial charge in [-0.15, -0.1) is 10.2 Å². The SMILES string of the molecule is Cc1ccc(-c2noc(CSc3nnc(-c4ccc(C)cc4)o3)n2)cc1. The van der Waals surface area contributed by atoms with Crippen molar-refractivity contribution in [3.05, 3.63) is 65.5 Å². The Morgan fingerprint density at radius 1 is 0.846 bits per heavy atom. The Balaban J connectivity index is 1.42. The van der Waals surface area contributed by atoms with Gasteiger partial charge in [0.1, 0.15) is 0 Å². The summed E-state index contributed by atoms with van der Waals surface area (Å²) in [5.74, 6) is 2.06. The summed E-state index contributed by atoms with van der Waals surface area (Å²) in [4.78, 5) is 4.41. The van der Waals surface area contributed by atoms with Crippen LogP contribution in [0.4, 0.5) is 0 Å². The van der Waals surface area contributed by atoms with Crippen molar-refractivity contribution in [1.82, 2.24) is 20.3 Å². The summed E-state index contributed by atoms with van der Waals surface area (Å²) in [6, 6.07) is 15.9.